The summed E-state index contributed by atoms with van der Waals surface area (Å²) < 4.78 is 1.89. The van der Waals surface area contributed by atoms with Gasteiger partial charge in [0, 0.05) is 30.5 Å². The molecule has 0 atom stereocenters. The van der Waals surface area contributed by atoms with Crippen molar-refractivity contribution in [1.29, 1.82) is 0 Å². The number of aliphatic carboxylic acids is 1. The molecule has 0 unspecified atom stereocenters. The maximum atomic E-state index is 11.1. The van der Waals surface area contributed by atoms with Crippen molar-refractivity contribution in [3.63, 3.8) is 0 Å². The van der Waals surface area contributed by atoms with Crippen LogP contribution >= 0.6 is 0 Å². The number of aryl methyl sites for hydroxylation is 2. The zero-order valence-corrected chi connectivity index (χ0v) is 12.5. The van der Waals surface area contributed by atoms with Gasteiger partial charge in [0.15, 0.2) is 0 Å². The molecule has 0 saturated heterocycles. The quantitative estimate of drug-likeness (QED) is 0.850. The van der Waals surface area contributed by atoms with Crippen LogP contribution in [0.3, 0.4) is 0 Å². The van der Waals surface area contributed by atoms with E-state index in [1.807, 2.05) is 47.0 Å². The van der Waals surface area contributed by atoms with Gasteiger partial charge in [0.2, 0.25) is 0 Å². The zero-order chi connectivity index (χ0) is 15.2. The van der Waals surface area contributed by atoms with E-state index in [1.165, 1.54) is 0 Å². The Morgan fingerprint density at radius 3 is 2.67 bits per heavy atom. The van der Waals surface area contributed by atoms with Crippen LogP contribution in [-0.4, -0.2) is 27.4 Å². The number of carboxylic acid groups (broad SMARTS) is 1. The van der Waals surface area contributed by atoms with E-state index in [9.17, 15) is 4.79 Å². The molecule has 1 aromatic carbocycles. The van der Waals surface area contributed by atoms with Gasteiger partial charge in [-0.1, -0.05) is 24.6 Å². The molecule has 0 amide bonds. The monoisotopic (exact) mass is 287 g/mol. The van der Waals surface area contributed by atoms with Crippen LogP contribution in [0.25, 0.3) is 0 Å². The molecule has 0 fully saturated rings. The Morgan fingerprint density at radius 1 is 1.33 bits per heavy atom. The minimum atomic E-state index is -0.837. The molecule has 0 aliphatic heterocycles. The second-order valence-electron chi connectivity index (χ2n) is 5.20. The number of hydrogen-bond donors (Lipinski definition) is 1. The van der Waals surface area contributed by atoms with Crippen molar-refractivity contribution < 1.29 is 9.90 Å². The molecular formula is C16H21N3O2. The Labute approximate surface area is 124 Å². The van der Waals surface area contributed by atoms with Crippen LogP contribution in [0.5, 0.6) is 0 Å². The Kier molecular flexibility index (Phi) is 4.98. The van der Waals surface area contributed by atoms with Gasteiger partial charge >= 0.3 is 5.97 Å². The SMILES string of the molecule is CCCn1cc(CN(CC(=O)O)c2ccc(C)cc2)cn1. The van der Waals surface area contributed by atoms with Gasteiger partial charge in [-0.25, -0.2) is 0 Å². The molecule has 1 aromatic heterocycles. The van der Waals surface area contributed by atoms with E-state index in [2.05, 4.69) is 12.0 Å². The fourth-order valence-corrected chi connectivity index (χ4v) is 2.22. The highest BCUT2D eigenvalue weighted by atomic mass is 16.4. The number of rotatable bonds is 7. The number of carbonyl (C=O) groups is 1. The number of carboxylic acids is 1. The van der Waals surface area contributed by atoms with E-state index in [1.54, 1.807) is 6.20 Å². The van der Waals surface area contributed by atoms with Gasteiger partial charge in [-0.2, -0.15) is 5.10 Å². The van der Waals surface area contributed by atoms with Crippen molar-refractivity contribution in [2.24, 2.45) is 0 Å². The van der Waals surface area contributed by atoms with Crippen LogP contribution in [0.1, 0.15) is 24.5 Å². The van der Waals surface area contributed by atoms with Crippen LogP contribution < -0.4 is 4.90 Å². The van der Waals surface area contributed by atoms with Crippen molar-refractivity contribution in [1.82, 2.24) is 9.78 Å². The lowest BCUT2D eigenvalue weighted by Gasteiger charge is -2.22. The van der Waals surface area contributed by atoms with Crippen molar-refractivity contribution in [3.8, 4) is 0 Å². The number of hydrogen-bond acceptors (Lipinski definition) is 3. The molecular weight excluding hydrogens is 266 g/mol. The van der Waals surface area contributed by atoms with Gasteiger partial charge in [-0.15, -0.1) is 0 Å². The predicted octanol–water partition coefficient (Wildman–Crippen LogP) is 2.69. The average Bonchev–Trinajstić information content (AvgIpc) is 2.86. The summed E-state index contributed by atoms with van der Waals surface area (Å²) in [6, 6.07) is 7.89. The van der Waals surface area contributed by atoms with Gasteiger partial charge in [0.1, 0.15) is 6.54 Å². The molecule has 2 aromatic rings. The summed E-state index contributed by atoms with van der Waals surface area (Å²) in [6.45, 7) is 5.51. The molecule has 5 nitrogen and oxygen atoms in total. The van der Waals surface area contributed by atoms with Gasteiger partial charge < -0.3 is 10.0 Å². The highest BCUT2D eigenvalue weighted by Crippen LogP contribution is 2.17. The molecule has 1 N–H and O–H groups in total. The third-order valence-electron chi connectivity index (χ3n) is 3.24. The zero-order valence-electron chi connectivity index (χ0n) is 12.5. The molecule has 112 valence electrons. The van der Waals surface area contributed by atoms with Crippen LogP contribution in [-0.2, 0) is 17.9 Å². The summed E-state index contributed by atoms with van der Waals surface area (Å²) in [5, 5.41) is 13.4. The van der Waals surface area contributed by atoms with Crippen LogP contribution in [0.15, 0.2) is 36.7 Å². The van der Waals surface area contributed by atoms with E-state index in [-0.39, 0.29) is 6.54 Å². The van der Waals surface area contributed by atoms with Gasteiger partial charge in [0.25, 0.3) is 0 Å². The summed E-state index contributed by atoms with van der Waals surface area (Å²) in [5.74, 6) is -0.837. The fraction of sp³-hybridized carbons (Fsp3) is 0.375. The Bertz CT molecular complexity index is 590. The largest absolute Gasteiger partial charge is 0.480 e. The van der Waals surface area contributed by atoms with Gasteiger partial charge in [-0.3, -0.25) is 9.48 Å². The van der Waals surface area contributed by atoms with E-state index in [4.69, 9.17) is 5.11 Å². The van der Waals surface area contributed by atoms with Crippen LogP contribution in [0.2, 0.25) is 0 Å². The summed E-state index contributed by atoms with van der Waals surface area (Å²) in [5.41, 5.74) is 3.08. The van der Waals surface area contributed by atoms with E-state index >= 15 is 0 Å². The smallest absolute Gasteiger partial charge is 0.323 e. The van der Waals surface area contributed by atoms with Gasteiger partial charge in [-0.05, 0) is 25.5 Å². The molecule has 2 rings (SSSR count). The second-order valence-corrected chi connectivity index (χ2v) is 5.20. The maximum Gasteiger partial charge on any atom is 0.323 e. The highest BCUT2D eigenvalue weighted by Gasteiger charge is 2.12. The molecule has 0 radical (unpaired) electrons. The molecule has 0 saturated carbocycles. The lowest BCUT2D eigenvalue weighted by atomic mass is 10.2. The van der Waals surface area contributed by atoms with Crippen molar-refractivity contribution in [2.75, 3.05) is 11.4 Å². The van der Waals surface area contributed by atoms with Crippen LogP contribution in [0.4, 0.5) is 5.69 Å². The lowest BCUT2D eigenvalue weighted by molar-refractivity contribution is -0.135. The minimum Gasteiger partial charge on any atom is -0.480 e. The Balaban J connectivity index is 2.15. The number of nitrogens with zero attached hydrogens (tertiary/aromatic N) is 3. The summed E-state index contributed by atoms with van der Waals surface area (Å²) in [7, 11) is 0. The third kappa shape index (κ3) is 4.34. The first-order valence-corrected chi connectivity index (χ1v) is 7.13. The first-order chi connectivity index (χ1) is 10.1. The lowest BCUT2D eigenvalue weighted by Crippen LogP contribution is -2.29. The predicted molar refractivity (Wildman–Crippen MR) is 82.4 cm³/mol. The van der Waals surface area contributed by atoms with Crippen LogP contribution in [0, 0.1) is 6.92 Å². The first kappa shape index (κ1) is 15.1. The van der Waals surface area contributed by atoms with Crippen molar-refractivity contribution in [3.05, 3.63) is 47.8 Å². The van der Waals surface area contributed by atoms with Gasteiger partial charge in [0.05, 0.1) is 6.20 Å². The maximum absolute atomic E-state index is 11.1. The highest BCUT2D eigenvalue weighted by molar-refractivity contribution is 5.73. The molecule has 0 bridgehead atoms. The van der Waals surface area contributed by atoms with Crippen molar-refractivity contribution in [2.45, 2.75) is 33.4 Å². The summed E-state index contributed by atoms with van der Waals surface area (Å²) in [6.07, 6.45) is 4.81. The topological polar surface area (TPSA) is 58.4 Å². The van der Waals surface area contributed by atoms with Crippen molar-refractivity contribution >= 4 is 11.7 Å². The van der Waals surface area contributed by atoms with E-state index < -0.39 is 5.97 Å². The van der Waals surface area contributed by atoms with E-state index in [0.29, 0.717) is 6.54 Å². The Hall–Kier alpha value is -2.30. The van der Waals surface area contributed by atoms with E-state index in [0.717, 1.165) is 29.8 Å². The molecule has 0 spiro atoms. The normalized spacial score (nSPS) is 10.6. The average molecular weight is 287 g/mol. The Morgan fingerprint density at radius 2 is 2.05 bits per heavy atom. The summed E-state index contributed by atoms with van der Waals surface area (Å²) >= 11 is 0. The second kappa shape index (κ2) is 6.92. The number of anilines is 1. The number of aromatic nitrogens is 2. The minimum absolute atomic E-state index is 0.0258. The first-order valence-electron chi connectivity index (χ1n) is 7.13. The molecule has 0 aliphatic rings. The fourth-order valence-electron chi connectivity index (χ4n) is 2.22. The molecule has 5 heteroatoms. The number of benzene rings is 1. The molecule has 21 heavy (non-hydrogen) atoms. The third-order valence-corrected chi connectivity index (χ3v) is 3.24. The molecule has 0 aliphatic carbocycles. The summed E-state index contributed by atoms with van der Waals surface area (Å²) in [4.78, 5) is 12.9. The standard InChI is InChI=1S/C16H21N3O2/c1-3-8-19-11-14(9-17-19)10-18(12-16(20)21)15-6-4-13(2)5-7-15/h4-7,9,11H,3,8,10,12H2,1-2H3,(H,20,21). The molecule has 1 heterocycles.